The van der Waals surface area contributed by atoms with Gasteiger partial charge in [-0.15, -0.1) is 0 Å². The van der Waals surface area contributed by atoms with Crippen molar-refractivity contribution in [1.82, 2.24) is 29.9 Å². The summed E-state index contributed by atoms with van der Waals surface area (Å²) in [5.74, 6) is 0.689. The van der Waals surface area contributed by atoms with Gasteiger partial charge in [-0.1, -0.05) is 60.7 Å². The van der Waals surface area contributed by atoms with Crippen molar-refractivity contribution in [1.29, 1.82) is 0 Å². The second-order valence-corrected chi connectivity index (χ2v) is 14.5. The molecule has 0 saturated heterocycles. The SMILES string of the molecule is O=S(=O)([O-])c1cc(Nc2nc(NCCO)nc(Nc3ccccc3)n2)ccc1/C=C/c1ccc(Nc2nc(Nc3ccccc3)nc(N(CCO)CCO)n2)cc1SOO[O-].[Na+].[Na+]. The van der Waals surface area contributed by atoms with Crippen molar-refractivity contribution in [3.8, 4) is 0 Å². The number of aliphatic hydroxyl groups excluding tert-OH is 3. The van der Waals surface area contributed by atoms with Gasteiger partial charge in [0, 0.05) is 47.3 Å². The number of nitrogens with zero attached hydrogens (tertiary/aromatic N) is 7. The number of rotatable bonds is 22. The van der Waals surface area contributed by atoms with Crippen LogP contribution in [0.5, 0.6) is 0 Å². The number of hydrogen-bond acceptors (Lipinski definition) is 22. The summed E-state index contributed by atoms with van der Waals surface area (Å²) in [5.41, 5.74) is 2.44. The van der Waals surface area contributed by atoms with Crippen LogP contribution in [-0.4, -0.2) is 97.6 Å². The van der Waals surface area contributed by atoms with Crippen molar-refractivity contribution in [2.24, 2.45) is 0 Å². The third kappa shape index (κ3) is 15.6. The second kappa shape index (κ2) is 25.7. The molecule has 25 heteroatoms. The molecule has 0 saturated carbocycles. The fraction of sp³-hybridized carbons (Fsp3) is 0.158. The first kappa shape index (κ1) is 51.1. The Labute approximate surface area is 410 Å². The summed E-state index contributed by atoms with van der Waals surface area (Å²) in [4.78, 5) is 27.7. The van der Waals surface area contributed by atoms with Gasteiger partial charge >= 0.3 is 59.1 Å². The number of benzene rings is 4. The zero-order valence-electron chi connectivity index (χ0n) is 33.9. The van der Waals surface area contributed by atoms with Crippen molar-refractivity contribution >= 4 is 92.8 Å². The molecule has 63 heavy (non-hydrogen) atoms. The van der Waals surface area contributed by atoms with Crippen LogP contribution < -0.4 is 95.9 Å². The molecule has 2 heterocycles. The van der Waals surface area contributed by atoms with E-state index in [9.17, 15) is 33.5 Å². The van der Waals surface area contributed by atoms with Crippen molar-refractivity contribution in [2.45, 2.75) is 9.79 Å². The van der Waals surface area contributed by atoms with Gasteiger partial charge in [-0.3, -0.25) is 5.04 Å². The molecule has 8 N–H and O–H groups in total. The quantitative estimate of drug-likeness (QED) is 0.00875. The molecule has 6 rings (SSSR count). The molecule has 21 nitrogen and oxygen atoms in total. The first-order chi connectivity index (χ1) is 29.6. The normalized spacial score (nSPS) is 11.0. The molecular weight excluding hydrogens is 879 g/mol. The van der Waals surface area contributed by atoms with Crippen LogP contribution in [0.4, 0.5) is 58.4 Å². The maximum Gasteiger partial charge on any atom is 1.00 e. The number of para-hydroxylation sites is 2. The number of anilines is 10. The molecule has 0 bridgehead atoms. The van der Waals surface area contributed by atoms with Crippen LogP contribution in [0.15, 0.2) is 107 Å². The van der Waals surface area contributed by atoms with Gasteiger partial charge in [0.2, 0.25) is 35.7 Å². The predicted octanol–water partition coefficient (Wildman–Crippen LogP) is -2.46. The number of aliphatic hydroxyl groups is 3. The van der Waals surface area contributed by atoms with E-state index in [4.69, 9.17) is 0 Å². The number of nitrogens with one attached hydrogen (secondary N) is 5. The fourth-order valence-electron chi connectivity index (χ4n) is 5.48. The van der Waals surface area contributed by atoms with Gasteiger partial charge in [-0.2, -0.15) is 34.2 Å². The molecule has 0 aliphatic rings. The molecule has 0 radical (unpaired) electrons. The van der Waals surface area contributed by atoms with Gasteiger partial charge < -0.3 is 56.6 Å². The van der Waals surface area contributed by atoms with Crippen LogP contribution in [0, 0.1) is 0 Å². The van der Waals surface area contributed by atoms with E-state index < -0.39 is 15.0 Å². The van der Waals surface area contributed by atoms with E-state index in [0.717, 1.165) is 6.07 Å². The molecule has 318 valence electrons. The molecule has 0 amide bonds. The molecule has 0 fully saturated rings. The Balaban J connectivity index is 0.00000436. The summed E-state index contributed by atoms with van der Waals surface area (Å²) >= 11 is 0.566. The van der Waals surface area contributed by atoms with Crippen LogP contribution in [0.2, 0.25) is 0 Å². The first-order valence-corrected chi connectivity index (χ1v) is 20.4. The third-order valence-corrected chi connectivity index (χ3v) is 9.69. The van der Waals surface area contributed by atoms with Crippen LogP contribution in [-0.2, 0) is 19.5 Å². The van der Waals surface area contributed by atoms with Crippen LogP contribution in [0.1, 0.15) is 11.1 Å². The minimum absolute atomic E-state index is 0. The van der Waals surface area contributed by atoms with E-state index in [-0.39, 0.29) is 146 Å². The Kier molecular flexibility index (Phi) is 20.8. The van der Waals surface area contributed by atoms with Crippen LogP contribution in [0.25, 0.3) is 12.2 Å². The molecule has 0 unspecified atom stereocenters. The average Bonchev–Trinajstić information content (AvgIpc) is 3.25. The van der Waals surface area contributed by atoms with Crippen molar-refractivity contribution in [3.63, 3.8) is 0 Å². The summed E-state index contributed by atoms with van der Waals surface area (Å²) in [6, 6.07) is 27.2. The predicted molar refractivity (Wildman–Crippen MR) is 225 cm³/mol. The average molecular weight is 917 g/mol. The van der Waals surface area contributed by atoms with Gasteiger partial charge in [0.15, 0.2) is 0 Å². The van der Waals surface area contributed by atoms with E-state index >= 15 is 0 Å². The Morgan fingerprint density at radius 3 is 1.60 bits per heavy atom. The minimum atomic E-state index is -5.03. The van der Waals surface area contributed by atoms with Gasteiger partial charge in [-0.25, -0.2) is 8.42 Å². The van der Waals surface area contributed by atoms with E-state index in [1.165, 1.54) is 24.3 Å². The summed E-state index contributed by atoms with van der Waals surface area (Å²) in [7, 11) is -5.03. The molecule has 0 aliphatic heterocycles. The van der Waals surface area contributed by atoms with Gasteiger partial charge in [0.25, 0.3) is 0 Å². The van der Waals surface area contributed by atoms with Gasteiger partial charge in [0.05, 0.1) is 36.8 Å². The molecular formula is C38H38N12Na2O9S2. The van der Waals surface area contributed by atoms with Crippen molar-refractivity contribution in [3.05, 3.63) is 108 Å². The summed E-state index contributed by atoms with van der Waals surface area (Å²) in [6.45, 7) is -0.226. The first-order valence-electron chi connectivity index (χ1n) is 18.2. The van der Waals surface area contributed by atoms with E-state index in [1.807, 2.05) is 48.5 Å². The Hall–Kier alpha value is -4.54. The zero-order valence-corrected chi connectivity index (χ0v) is 39.5. The standard InChI is InChI=1S/C38H40N12O9S2.2Na/c51-20-17-39-33-44-34(40-27-7-3-1-4-8-27)46-35(45-33)43-30-16-14-26(32(24-30)61(55,56)57)12-11-25-13-15-29(23-31(25)60-59-58-54)42-37-47-36(41-28-9-5-2-6-10-28)48-38(49-37)50(18-21-52)19-22-53;;/h1-16,23-24,51-54H,17-22H2,(H,55,56,57)(H2,41,42,47,48,49)(H3,39,40,43,44,45,46);;/q;2*+1/p-2/b12-11+;;. The maximum absolute atomic E-state index is 12.6. The Bertz CT molecular complexity index is 2520. The molecule has 6 aromatic rings. The third-order valence-electron chi connectivity index (χ3n) is 8.14. The van der Waals surface area contributed by atoms with Crippen molar-refractivity contribution < 1.29 is 102 Å². The molecule has 0 atom stereocenters. The maximum atomic E-state index is 12.6. The summed E-state index contributed by atoms with van der Waals surface area (Å²) < 4.78 is 42.3. The number of aromatic nitrogens is 6. The van der Waals surface area contributed by atoms with Crippen LogP contribution in [0.3, 0.4) is 0 Å². The number of hydrogen-bond donors (Lipinski definition) is 8. The fourth-order valence-corrected chi connectivity index (χ4v) is 6.69. The topological polar surface area (TPSA) is 300 Å². The van der Waals surface area contributed by atoms with Gasteiger partial charge in [0.1, 0.15) is 10.1 Å². The zero-order chi connectivity index (χ0) is 43.0. The van der Waals surface area contributed by atoms with E-state index in [0.29, 0.717) is 39.6 Å². The largest absolute Gasteiger partial charge is 1.00 e. The van der Waals surface area contributed by atoms with E-state index in [1.54, 1.807) is 35.2 Å². The van der Waals surface area contributed by atoms with Crippen LogP contribution >= 0.6 is 12.0 Å². The molecule has 4 aromatic carbocycles. The molecule has 0 spiro atoms. The smallest absolute Gasteiger partial charge is 0.744 e. The van der Waals surface area contributed by atoms with Crippen molar-refractivity contribution in [2.75, 3.05) is 70.9 Å². The Morgan fingerprint density at radius 2 is 1.10 bits per heavy atom. The summed E-state index contributed by atoms with van der Waals surface area (Å²) in [6.07, 6.45) is 2.91. The Morgan fingerprint density at radius 1 is 0.619 bits per heavy atom. The second-order valence-electron chi connectivity index (χ2n) is 12.4. The monoisotopic (exact) mass is 916 g/mol. The summed E-state index contributed by atoms with van der Waals surface area (Å²) in [5, 5.41) is 58.0. The minimum Gasteiger partial charge on any atom is -0.744 e. The van der Waals surface area contributed by atoms with E-state index in [2.05, 4.69) is 65.9 Å². The molecule has 0 aliphatic carbocycles. The van der Waals surface area contributed by atoms with Gasteiger partial charge in [-0.05, 0) is 59.7 Å². The molecule has 2 aromatic heterocycles.